The molecule has 0 radical (unpaired) electrons. The highest BCUT2D eigenvalue weighted by Crippen LogP contribution is 2.21. The third-order valence-corrected chi connectivity index (χ3v) is 7.09. The summed E-state index contributed by atoms with van der Waals surface area (Å²) < 4.78 is 32.0. The second kappa shape index (κ2) is 10.1. The van der Waals surface area contributed by atoms with Crippen LogP contribution < -0.4 is 10.1 Å². The van der Waals surface area contributed by atoms with Crippen LogP contribution in [0.3, 0.4) is 0 Å². The Balaban J connectivity index is 1.97. The number of carbonyl (C=O) groups is 1. The number of aryl methyl sites for hydroxylation is 1. The van der Waals surface area contributed by atoms with E-state index in [-0.39, 0.29) is 23.5 Å². The topological polar surface area (TPSA) is 75.7 Å². The van der Waals surface area contributed by atoms with E-state index in [0.717, 1.165) is 11.1 Å². The van der Waals surface area contributed by atoms with Crippen molar-refractivity contribution in [2.45, 2.75) is 38.6 Å². The molecule has 0 aliphatic carbocycles. The zero-order valence-electron chi connectivity index (χ0n) is 17.1. The van der Waals surface area contributed by atoms with E-state index in [4.69, 9.17) is 16.3 Å². The van der Waals surface area contributed by atoms with E-state index in [1.807, 2.05) is 13.8 Å². The van der Waals surface area contributed by atoms with Crippen molar-refractivity contribution >= 4 is 27.5 Å². The van der Waals surface area contributed by atoms with E-state index in [9.17, 15) is 13.2 Å². The molecule has 2 aromatic carbocycles. The number of benzene rings is 2. The molecular formula is C21H27ClN2O4S. The lowest BCUT2D eigenvalue weighted by atomic mass is 10.1. The molecule has 29 heavy (non-hydrogen) atoms. The minimum Gasteiger partial charge on any atom is -0.484 e. The summed E-state index contributed by atoms with van der Waals surface area (Å²) >= 11 is 5.98. The summed E-state index contributed by atoms with van der Waals surface area (Å²) in [5.74, 6) is 0.297. The molecule has 2 aromatic rings. The van der Waals surface area contributed by atoms with E-state index >= 15 is 0 Å². The first-order chi connectivity index (χ1) is 13.7. The molecule has 0 bridgehead atoms. The van der Waals surface area contributed by atoms with Crippen molar-refractivity contribution in [3.63, 3.8) is 0 Å². The maximum absolute atomic E-state index is 12.5. The van der Waals surface area contributed by atoms with Crippen LogP contribution in [-0.2, 0) is 14.8 Å². The molecule has 0 saturated heterocycles. The first-order valence-corrected chi connectivity index (χ1v) is 11.3. The monoisotopic (exact) mass is 438 g/mol. The molecule has 1 atom stereocenters. The number of nitrogens with one attached hydrogen (secondary N) is 1. The molecule has 8 heteroatoms. The fourth-order valence-corrected chi connectivity index (χ4v) is 4.44. The van der Waals surface area contributed by atoms with E-state index in [1.165, 1.54) is 4.31 Å². The molecule has 0 heterocycles. The van der Waals surface area contributed by atoms with Crippen LogP contribution in [0, 0.1) is 6.92 Å². The molecule has 0 fully saturated rings. The Kier molecular flexibility index (Phi) is 8.07. The van der Waals surface area contributed by atoms with Crippen LogP contribution in [0.1, 0.15) is 37.9 Å². The van der Waals surface area contributed by atoms with Crippen LogP contribution in [0.5, 0.6) is 5.75 Å². The average molecular weight is 439 g/mol. The Morgan fingerprint density at radius 3 is 2.31 bits per heavy atom. The van der Waals surface area contributed by atoms with E-state index in [0.29, 0.717) is 23.9 Å². The van der Waals surface area contributed by atoms with Gasteiger partial charge in [0.05, 0.1) is 10.9 Å². The average Bonchev–Trinajstić information content (AvgIpc) is 2.69. The molecule has 2 rings (SSSR count). The normalized spacial score (nSPS) is 12.6. The van der Waals surface area contributed by atoms with Crippen LogP contribution in [0.4, 0.5) is 0 Å². The van der Waals surface area contributed by atoms with E-state index < -0.39 is 10.0 Å². The Morgan fingerprint density at radius 2 is 1.76 bits per heavy atom. The largest absolute Gasteiger partial charge is 0.484 e. The van der Waals surface area contributed by atoms with Crippen LogP contribution in [-0.4, -0.2) is 38.3 Å². The van der Waals surface area contributed by atoms with Crippen molar-refractivity contribution in [2.75, 3.05) is 19.7 Å². The summed E-state index contributed by atoms with van der Waals surface area (Å²) in [5, 5.41) is 3.49. The van der Waals surface area contributed by atoms with Gasteiger partial charge in [-0.1, -0.05) is 37.6 Å². The number of carbonyl (C=O) groups excluding carboxylic acids is 1. The van der Waals surface area contributed by atoms with Gasteiger partial charge in [-0.2, -0.15) is 4.31 Å². The molecule has 0 saturated carbocycles. The number of hydrogen-bond acceptors (Lipinski definition) is 4. The van der Waals surface area contributed by atoms with Crippen molar-refractivity contribution in [2.24, 2.45) is 0 Å². The molecule has 0 spiro atoms. The quantitative estimate of drug-likeness (QED) is 0.643. The van der Waals surface area contributed by atoms with Gasteiger partial charge in [-0.3, -0.25) is 4.79 Å². The predicted molar refractivity (Wildman–Crippen MR) is 115 cm³/mol. The Bertz CT molecular complexity index is 942. The highest BCUT2D eigenvalue weighted by Gasteiger charge is 2.21. The van der Waals surface area contributed by atoms with Crippen LogP contribution in [0.2, 0.25) is 5.02 Å². The zero-order chi connectivity index (χ0) is 21.6. The number of rotatable bonds is 9. The van der Waals surface area contributed by atoms with Crippen LogP contribution >= 0.6 is 11.6 Å². The van der Waals surface area contributed by atoms with Gasteiger partial charge in [0.2, 0.25) is 10.0 Å². The van der Waals surface area contributed by atoms with Crippen LogP contribution in [0.15, 0.2) is 47.4 Å². The second-order valence-electron chi connectivity index (χ2n) is 6.65. The lowest BCUT2D eigenvalue weighted by molar-refractivity contribution is -0.123. The smallest absolute Gasteiger partial charge is 0.258 e. The number of sulfonamides is 1. The highest BCUT2D eigenvalue weighted by molar-refractivity contribution is 7.89. The summed E-state index contributed by atoms with van der Waals surface area (Å²) in [6.07, 6.45) is 0. The fraction of sp³-hybridized carbons (Fsp3) is 0.381. The number of nitrogens with zero attached hydrogens (tertiary/aromatic N) is 1. The number of halogens is 1. The summed E-state index contributed by atoms with van der Waals surface area (Å²) in [5.41, 5.74) is 1.68. The van der Waals surface area contributed by atoms with Crippen molar-refractivity contribution in [1.29, 1.82) is 0 Å². The molecule has 0 aliphatic rings. The number of hydrogen-bond donors (Lipinski definition) is 1. The first-order valence-electron chi connectivity index (χ1n) is 9.47. The Labute approximate surface area is 177 Å². The molecule has 6 nitrogen and oxygen atoms in total. The summed E-state index contributed by atoms with van der Waals surface area (Å²) in [4.78, 5) is 12.4. The van der Waals surface area contributed by atoms with Crippen molar-refractivity contribution < 1.29 is 17.9 Å². The van der Waals surface area contributed by atoms with Gasteiger partial charge < -0.3 is 10.1 Å². The first kappa shape index (κ1) is 23.2. The van der Waals surface area contributed by atoms with Gasteiger partial charge in [0.15, 0.2) is 6.61 Å². The van der Waals surface area contributed by atoms with E-state index in [2.05, 4.69) is 5.32 Å². The van der Waals surface area contributed by atoms with Gasteiger partial charge in [-0.05, 0) is 55.3 Å². The molecule has 1 N–H and O–H groups in total. The van der Waals surface area contributed by atoms with E-state index in [1.54, 1.807) is 56.3 Å². The van der Waals surface area contributed by atoms with Crippen molar-refractivity contribution in [3.05, 3.63) is 58.6 Å². The van der Waals surface area contributed by atoms with Gasteiger partial charge in [0.1, 0.15) is 5.75 Å². The maximum Gasteiger partial charge on any atom is 0.258 e. The maximum atomic E-state index is 12.5. The van der Waals surface area contributed by atoms with Crippen molar-refractivity contribution in [1.82, 2.24) is 9.62 Å². The lowest BCUT2D eigenvalue weighted by Gasteiger charge is -2.19. The van der Waals surface area contributed by atoms with Gasteiger partial charge in [-0.25, -0.2) is 8.42 Å². The number of amides is 1. The summed E-state index contributed by atoms with van der Waals surface area (Å²) in [7, 11) is -3.50. The molecule has 1 unspecified atom stereocenters. The van der Waals surface area contributed by atoms with Crippen LogP contribution in [0.25, 0.3) is 0 Å². The standard InChI is InChI=1S/C21H27ClN2O4S/c1-5-24(6-2)29(26,27)19-10-7-17(8-11-19)16(4)23-21(25)14-28-18-9-12-20(22)15(3)13-18/h7-13,16H,5-6,14H2,1-4H3,(H,23,25). The lowest BCUT2D eigenvalue weighted by Crippen LogP contribution is -2.31. The summed E-state index contributed by atoms with van der Waals surface area (Å²) in [6.45, 7) is 8.01. The minimum atomic E-state index is -3.50. The van der Waals surface area contributed by atoms with Gasteiger partial charge >= 0.3 is 0 Å². The minimum absolute atomic E-state index is 0.125. The third kappa shape index (κ3) is 5.95. The SMILES string of the molecule is CCN(CC)S(=O)(=O)c1ccc(C(C)NC(=O)COc2ccc(Cl)c(C)c2)cc1. The van der Waals surface area contributed by atoms with Gasteiger partial charge in [-0.15, -0.1) is 0 Å². The van der Waals surface area contributed by atoms with Gasteiger partial charge in [0.25, 0.3) is 5.91 Å². The highest BCUT2D eigenvalue weighted by atomic mass is 35.5. The molecule has 0 aromatic heterocycles. The molecular weight excluding hydrogens is 412 g/mol. The third-order valence-electron chi connectivity index (χ3n) is 4.60. The second-order valence-corrected chi connectivity index (χ2v) is 8.99. The van der Waals surface area contributed by atoms with Gasteiger partial charge in [0, 0.05) is 18.1 Å². The summed E-state index contributed by atoms with van der Waals surface area (Å²) in [6, 6.07) is 11.5. The van der Waals surface area contributed by atoms with Crippen molar-refractivity contribution in [3.8, 4) is 5.75 Å². The molecule has 1 amide bonds. The predicted octanol–water partition coefficient (Wildman–Crippen LogP) is 3.94. The fourth-order valence-electron chi connectivity index (χ4n) is 2.86. The molecule has 158 valence electrons. The number of ether oxygens (including phenoxy) is 1. The Morgan fingerprint density at radius 1 is 1.14 bits per heavy atom. The Hall–Kier alpha value is -2.09. The zero-order valence-corrected chi connectivity index (χ0v) is 18.7. The molecule has 0 aliphatic heterocycles.